The number of carbonyl (C=O) groups is 1. The Morgan fingerprint density at radius 1 is 1.04 bits per heavy atom. The van der Waals surface area contributed by atoms with Crippen molar-refractivity contribution in [1.82, 2.24) is 9.97 Å². The fourth-order valence-corrected chi connectivity index (χ4v) is 3.08. The molecule has 0 atom stereocenters. The molecule has 0 unspecified atom stereocenters. The molecule has 0 saturated heterocycles. The molecule has 6 heteroatoms. The molecule has 2 aromatic carbocycles. The van der Waals surface area contributed by atoms with Crippen LogP contribution in [0.1, 0.15) is 33.7 Å². The Bertz CT molecular complexity index is 960. The first kappa shape index (κ1) is 19.8. The maximum Gasteiger partial charge on any atom is 0.274 e. The van der Waals surface area contributed by atoms with Crippen molar-refractivity contribution in [3.63, 3.8) is 0 Å². The van der Waals surface area contributed by atoms with Gasteiger partial charge in [-0.15, -0.1) is 0 Å². The molecule has 144 valence electrons. The molecule has 1 aromatic heterocycles. The number of nitrogens with one attached hydrogen (secondary N) is 2. The Labute approximate surface area is 170 Å². The molecule has 0 bridgehead atoms. The number of amides is 1. The van der Waals surface area contributed by atoms with Gasteiger partial charge < -0.3 is 10.6 Å². The topological polar surface area (TPSA) is 66.9 Å². The molecule has 1 heterocycles. The normalized spacial score (nSPS) is 10.5. The first-order valence-corrected chi connectivity index (χ1v) is 9.60. The lowest BCUT2D eigenvalue weighted by Crippen LogP contribution is -2.17. The van der Waals surface area contributed by atoms with Crippen molar-refractivity contribution in [3.05, 3.63) is 82.1 Å². The molecule has 3 rings (SSSR count). The second-order valence-electron chi connectivity index (χ2n) is 6.65. The second kappa shape index (κ2) is 9.33. The minimum absolute atomic E-state index is 0.275. The molecule has 2 N–H and O–H groups in total. The van der Waals surface area contributed by atoms with Crippen LogP contribution in [0.4, 0.5) is 11.6 Å². The van der Waals surface area contributed by atoms with Gasteiger partial charge in [-0.2, -0.15) is 0 Å². The van der Waals surface area contributed by atoms with Crippen molar-refractivity contribution in [2.45, 2.75) is 26.7 Å². The Morgan fingerprint density at radius 2 is 1.82 bits per heavy atom. The minimum Gasteiger partial charge on any atom is -0.354 e. The van der Waals surface area contributed by atoms with Gasteiger partial charge in [-0.3, -0.25) is 4.79 Å². The highest BCUT2D eigenvalue weighted by Crippen LogP contribution is 2.20. The SMILES string of the molecule is Cc1cc(C(=O)Nc2ccc(Cl)cc2C)nc(NCCCc2ccccc2)n1. The Morgan fingerprint density at radius 3 is 2.57 bits per heavy atom. The molecule has 3 aromatic rings. The van der Waals surface area contributed by atoms with Gasteiger partial charge in [0.05, 0.1) is 0 Å². The standard InChI is InChI=1S/C22H23ClN4O/c1-15-13-18(23)10-11-19(15)26-21(28)20-14-16(2)25-22(27-20)24-12-6-9-17-7-4-3-5-8-17/h3-5,7-8,10-11,13-14H,6,9,12H2,1-2H3,(H,26,28)(H,24,25,27). The number of halogens is 1. The van der Waals surface area contributed by atoms with Gasteiger partial charge >= 0.3 is 0 Å². The van der Waals surface area contributed by atoms with E-state index < -0.39 is 0 Å². The van der Waals surface area contributed by atoms with E-state index in [0.29, 0.717) is 22.4 Å². The molecule has 0 radical (unpaired) electrons. The third kappa shape index (κ3) is 5.54. The highest BCUT2D eigenvalue weighted by atomic mass is 35.5. The number of aryl methyl sites for hydroxylation is 3. The zero-order valence-electron chi connectivity index (χ0n) is 16.0. The van der Waals surface area contributed by atoms with Crippen LogP contribution in [0.2, 0.25) is 5.02 Å². The van der Waals surface area contributed by atoms with E-state index in [2.05, 4.69) is 32.7 Å². The molecule has 0 spiro atoms. The van der Waals surface area contributed by atoms with E-state index in [0.717, 1.165) is 30.6 Å². The lowest BCUT2D eigenvalue weighted by atomic mass is 10.1. The van der Waals surface area contributed by atoms with Gasteiger partial charge in [0, 0.05) is 22.9 Å². The number of nitrogens with zero attached hydrogens (tertiary/aromatic N) is 2. The highest BCUT2D eigenvalue weighted by molar-refractivity contribution is 6.30. The van der Waals surface area contributed by atoms with E-state index >= 15 is 0 Å². The van der Waals surface area contributed by atoms with Crippen LogP contribution in [0.15, 0.2) is 54.6 Å². The fraction of sp³-hybridized carbons (Fsp3) is 0.227. The summed E-state index contributed by atoms with van der Waals surface area (Å²) in [7, 11) is 0. The molecule has 0 aliphatic heterocycles. The van der Waals surface area contributed by atoms with Gasteiger partial charge in [0.25, 0.3) is 5.91 Å². The van der Waals surface area contributed by atoms with Crippen LogP contribution in [0.25, 0.3) is 0 Å². The van der Waals surface area contributed by atoms with E-state index in [4.69, 9.17) is 11.6 Å². The molecular formula is C22H23ClN4O. The van der Waals surface area contributed by atoms with Crippen molar-refractivity contribution < 1.29 is 4.79 Å². The monoisotopic (exact) mass is 394 g/mol. The summed E-state index contributed by atoms with van der Waals surface area (Å²) in [6, 6.07) is 17.3. The van der Waals surface area contributed by atoms with Crippen LogP contribution in [0.3, 0.4) is 0 Å². The molecule has 28 heavy (non-hydrogen) atoms. The van der Waals surface area contributed by atoms with Crippen molar-refractivity contribution >= 4 is 29.1 Å². The van der Waals surface area contributed by atoms with Gasteiger partial charge in [0.15, 0.2) is 0 Å². The largest absolute Gasteiger partial charge is 0.354 e. The molecule has 0 aliphatic carbocycles. The summed E-state index contributed by atoms with van der Waals surface area (Å²) >= 11 is 5.97. The van der Waals surface area contributed by atoms with Crippen LogP contribution in [0.5, 0.6) is 0 Å². The third-order valence-electron chi connectivity index (χ3n) is 4.29. The van der Waals surface area contributed by atoms with Gasteiger partial charge in [-0.25, -0.2) is 9.97 Å². The summed E-state index contributed by atoms with van der Waals surface area (Å²) in [5.41, 5.74) is 3.97. The minimum atomic E-state index is -0.275. The smallest absolute Gasteiger partial charge is 0.274 e. The lowest BCUT2D eigenvalue weighted by molar-refractivity contribution is 0.102. The average Bonchev–Trinajstić information content (AvgIpc) is 2.68. The lowest BCUT2D eigenvalue weighted by Gasteiger charge is -2.10. The van der Waals surface area contributed by atoms with Crippen LogP contribution in [0, 0.1) is 13.8 Å². The van der Waals surface area contributed by atoms with Gasteiger partial charge in [0.1, 0.15) is 5.69 Å². The number of aromatic nitrogens is 2. The number of hydrogen-bond donors (Lipinski definition) is 2. The van der Waals surface area contributed by atoms with Crippen molar-refractivity contribution in [2.75, 3.05) is 17.2 Å². The zero-order valence-corrected chi connectivity index (χ0v) is 16.8. The molecule has 5 nitrogen and oxygen atoms in total. The summed E-state index contributed by atoms with van der Waals surface area (Å²) in [5, 5.41) is 6.73. The summed E-state index contributed by atoms with van der Waals surface area (Å²) in [6.07, 6.45) is 1.93. The Kier molecular flexibility index (Phi) is 6.61. The van der Waals surface area contributed by atoms with Gasteiger partial charge in [-0.1, -0.05) is 41.9 Å². The van der Waals surface area contributed by atoms with E-state index in [1.54, 1.807) is 18.2 Å². The summed E-state index contributed by atoms with van der Waals surface area (Å²) in [5.74, 6) is 0.189. The predicted molar refractivity (Wildman–Crippen MR) is 114 cm³/mol. The molecular weight excluding hydrogens is 372 g/mol. The van der Waals surface area contributed by atoms with Gasteiger partial charge in [-0.05, 0) is 62.1 Å². The van der Waals surface area contributed by atoms with Crippen LogP contribution < -0.4 is 10.6 Å². The predicted octanol–water partition coefficient (Wildman–Crippen LogP) is 5.04. The maximum atomic E-state index is 12.6. The average molecular weight is 395 g/mol. The van der Waals surface area contributed by atoms with Crippen LogP contribution >= 0.6 is 11.6 Å². The number of rotatable bonds is 7. The second-order valence-corrected chi connectivity index (χ2v) is 7.08. The van der Waals surface area contributed by atoms with E-state index in [-0.39, 0.29) is 5.91 Å². The van der Waals surface area contributed by atoms with Crippen LogP contribution in [-0.2, 0) is 6.42 Å². The molecule has 0 fully saturated rings. The van der Waals surface area contributed by atoms with Crippen molar-refractivity contribution in [3.8, 4) is 0 Å². The highest BCUT2D eigenvalue weighted by Gasteiger charge is 2.12. The number of anilines is 2. The molecule has 1 amide bonds. The number of carbonyl (C=O) groups excluding carboxylic acids is 1. The van der Waals surface area contributed by atoms with Gasteiger partial charge in [0.2, 0.25) is 5.95 Å². The number of benzene rings is 2. The summed E-state index contributed by atoms with van der Waals surface area (Å²) in [6.45, 7) is 4.48. The zero-order chi connectivity index (χ0) is 19.9. The molecule has 0 aliphatic rings. The third-order valence-corrected chi connectivity index (χ3v) is 4.53. The Balaban J connectivity index is 1.61. The molecule has 0 saturated carbocycles. The first-order chi connectivity index (χ1) is 13.5. The first-order valence-electron chi connectivity index (χ1n) is 9.22. The summed E-state index contributed by atoms with van der Waals surface area (Å²) < 4.78 is 0. The van der Waals surface area contributed by atoms with E-state index in [9.17, 15) is 4.79 Å². The fourth-order valence-electron chi connectivity index (χ4n) is 2.85. The van der Waals surface area contributed by atoms with Crippen molar-refractivity contribution in [1.29, 1.82) is 0 Å². The number of hydrogen-bond acceptors (Lipinski definition) is 4. The van der Waals surface area contributed by atoms with Crippen LogP contribution in [-0.4, -0.2) is 22.4 Å². The van der Waals surface area contributed by atoms with Crippen molar-refractivity contribution in [2.24, 2.45) is 0 Å². The Hall–Kier alpha value is -2.92. The summed E-state index contributed by atoms with van der Waals surface area (Å²) in [4.78, 5) is 21.3. The maximum absolute atomic E-state index is 12.6. The quantitative estimate of drug-likeness (QED) is 0.550. The van der Waals surface area contributed by atoms with E-state index in [1.807, 2.05) is 38.1 Å². The van der Waals surface area contributed by atoms with E-state index in [1.165, 1.54) is 5.56 Å².